The summed E-state index contributed by atoms with van der Waals surface area (Å²) in [5, 5.41) is 3.58. The standard InChI is InChI=1S/C20H17F3N2O2S.C2H6/c1-14-17(13-25(24-14)12-15-8-4-2-5-9-15)18(20(21,22)23)27-19(28)26-16-10-6-3-7-11-16;1-2/h2-11,13,18H,12H2,1H3;1-2H3. The second kappa shape index (κ2) is 10.8. The highest BCUT2D eigenvalue weighted by atomic mass is 32.1. The Morgan fingerprint density at radius 3 is 2.17 bits per heavy atom. The zero-order chi connectivity index (χ0) is 22.1. The van der Waals surface area contributed by atoms with E-state index < -0.39 is 17.5 Å². The number of benzene rings is 2. The number of hydrogen-bond acceptors (Lipinski definition) is 4. The van der Waals surface area contributed by atoms with Crippen LogP contribution in [0.4, 0.5) is 13.2 Å². The van der Waals surface area contributed by atoms with Crippen LogP contribution < -0.4 is 4.74 Å². The Morgan fingerprint density at radius 1 is 1.03 bits per heavy atom. The zero-order valence-electron chi connectivity index (χ0n) is 16.9. The highest BCUT2D eigenvalue weighted by Crippen LogP contribution is 2.37. The average molecular weight is 436 g/mol. The minimum absolute atomic E-state index is 0.109. The van der Waals surface area contributed by atoms with E-state index >= 15 is 0 Å². The van der Waals surface area contributed by atoms with Crippen molar-refractivity contribution in [3.05, 3.63) is 83.7 Å². The van der Waals surface area contributed by atoms with E-state index in [1.165, 1.54) is 17.8 Å². The van der Waals surface area contributed by atoms with E-state index in [1.54, 1.807) is 30.3 Å². The number of rotatable bonds is 5. The lowest BCUT2D eigenvalue weighted by molar-refractivity contribution is -0.204. The molecule has 0 fully saturated rings. The molecule has 0 bridgehead atoms. The van der Waals surface area contributed by atoms with Gasteiger partial charge in [0.15, 0.2) is 0 Å². The molecule has 1 aromatic heterocycles. The smallest absolute Gasteiger partial charge is 0.430 e. The van der Waals surface area contributed by atoms with Crippen LogP contribution in [0.25, 0.3) is 0 Å². The molecule has 0 saturated carbocycles. The Balaban J connectivity index is 0.00000155. The summed E-state index contributed by atoms with van der Waals surface area (Å²) in [4.78, 5) is 0. The number of aromatic nitrogens is 2. The number of hydrogen-bond donors (Lipinski definition) is 0. The van der Waals surface area contributed by atoms with Crippen LogP contribution >= 0.6 is 12.2 Å². The fourth-order valence-electron chi connectivity index (χ4n) is 2.65. The van der Waals surface area contributed by atoms with Gasteiger partial charge in [0, 0.05) is 24.0 Å². The minimum Gasteiger partial charge on any atom is -0.438 e. The van der Waals surface area contributed by atoms with Crippen molar-refractivity contribution in [2.75, 3.05) is 0 Å². The monoisotopic (exact) mass is 436 g/mol. The maximum absolute atomic E-state index is 13.6. The molecule has 0 N–H and O–H groups in total. The Hall–Kier alpha value is -2.87. The third-order valence-electron chi connectivity index (χ3n) is 3.91. The van der Waals surface area contributed by atoms with Crippen LogP contribution in [-0.4, -0.2) is 21.2 Å². The molecule has 3 aromatic rings. The molecule has 0 aliphatic carbocycles. The van der Waals surface area contributed by atoms with Crippen LogP contribution in [0.5, 0.6) is 5.75 Å². The minimum atomic E-state index is -4.69. The summed E-state index contributed by atoms with van der Waals surface area (Å²) in [5.74, 6) is 0.296. The fourth-order valence-corrected chi connectivity index (χ4v) is 2.85. The van der Waals surface area contributed by atoms with Crippen LogP contribution in [0.2, 0.25) is 0 Å². The summed E-state index contributed by atoms with van der Waals surface area (Å²) in [7, 11) is 0. The van der Waals surface area contributed by atoms with Crippen molar-refractivity contribution in [1.29, 1.82) is 0 Å². The molecule has 2 aromatic carbocycles. The molecule has 30 heavy (non-hydrogen) atoms. The first-order valence-electron chi connectivity index (χ1n) is 9.41. The Kier molecular flexibility index (Phi) is 8.41. The molecule has 1 unspecified atom stereocenters. The lowest BCUT2D eigenvalue weighted by Crippen LogP contribution is -2.27. The summed E-state index contributed by atoms with van der Waals surface area (Å²) < 4.78 is 52.5. The number of nitrogens with zero attached hydrogens (tertiary/aromatic N) is 2. The van der Waals surface area contributed by atoms with Crippen molar-refractivity contribution in [1.82, 2.24) is 9.78 Å². The molecule has 1 heterocycles. The van der Waals surface area contributed by atoms with Gasteiger partial charge in [-0.15, -0.1) is 0 Å². The predicted molar refractivity (Wildman–Crippen MR) is 113 cm³/mol. The average Bonchev–Trinajstić information content (AvgIpc) is 3.08. The van der Waals surface area contributed by atoms with Gasteiger partial charge in [0.05, 0.1) is 12.2 Å². The van der Waals surface area contributed by atoms with Crippen LogP contribution in [0, 0.1) is 6.92 Å². The first-order chi connectivity index (χ1) is 14.3. The molecule has 0 spiro atoms. The number of alkyl halides is 3. The van der Waals surface area contributed by atoms with Crippen LogP contribution in [-0.2, 0) is 11.3 Å². The first kappa shape index (κ1) is 23.4. The molecule has 8 heteroatoms. The normalized spacial score (nSPS) is 11.8. The molecular formula is C22H23F3N2O2S. The largest absolute Gasteiger partial charge is 0.438 e. The van der Waals surface area contributed by atoms with E-state index in [-0.39, 0.29) is 11.3 Å². The highest BCUT2D eigenvalue weighted by molar-refractivity contribution is 7.79. The van der Waals surface area contributed by atoms with E-state index in [1.807, 2.05) is 44.2 Å². The van der Waals surface area contributed by atoms with Gasteiger partial charge in [0.1, 0.15) is 5.75 Å². The predicted octanol–water partition coefficient (Wildman–Crippen LogP) is 6.25. The summed E-state index contributed by atoms with van der Waals surface area (Å²) in [6.07, 6.45) is -5.63. The fraction of sp³-hybridized carbons (Fsp3) is 0.273. The first-order valence-corrected chi connectivity index (χ1v) is 9.82. The topological polar surface area (TPSA) is 36.3 Å². The van der Waals surface area contributed by atoms with Crippen LogP contribution in [0.3, 0.4) is 0 Å². The summed E-state index contributed by atoms with van der Waals surface area (Å²) in [5.41, 5.74) is 1.02. The maximum Gasteiger partial charge on any atom is 0.430 e. The SMILES string of the molecule is CC.Cc1nn(Cc2ccccc2)cc1C(OC(=S)Oc1ccccc1)C(F)(F)F. The number of aryl methyl sites for hydroxylation is 1. The van der Waals surface area contributed by atoms with Crippen LogP contribution in [0.15, 0.2) is 66.9 Å². The molecule has 4 nitrogen and oxygen atoms in total. The summed E-state index contributed by atoms with van der Waals surface area (Å²) in [6, 6.07) is 17.6. The third-order valence-corrected chi connectivity index (χ3v) is 4.09. The maximum atomic E-state index is 13.6. The Labute approximate surface area is 179 Å². The van der Waals surface area contributed by atoms with Crippen molar-refractivity contribution < 1.29 is 22.6 Å². The molecular weight excluding hydrogens is 413 g/mol. The molecule has 0 radical (unpaired) electrons. The van der Waals surface area contributed by atoms with Crippen LogP contribution in [0.1, 0.15) is 36.8 Å². The van der Waals surface area contributed by atoms with Gasteiger partial charge in [-0.05, 0) is 24.6 Å². The lowest BCUT2D eigenvalue weighted by atomic mass is 10.1. The van der Waals surface area contributed by atoms with Crippen molar-refractivity contribution in [3.8, 4) is 5.75 Å². The van der Waals surface area contributed by atoms with Gasteiger partial charge in [0.2, 0.25) is 6.10 Å². The van der Waals surface area contributed by atoms with E-state index in [9.17, 15) is 13.2 Å². The van der Waals surface area contributed by atoms with Gasteiger partial charge in [-0.2, -0.15) is 18.3 Å². The van der Waals surface area contributed by atoms with Gasteiger partial charge in [-0.1, -0.05) is 62.4 Å². The summed E-state index contributed by atoms with van der Waals surface area (Å²) in [6.45, 7) is 5.84. The van der Waals surface area contributed by atoms with E-state index in [2.05, 4.69) is 5.10 Å². The lowest BCUT2D eigenvalue weighted by Gasteiger charge is -2.21. The number of halogens is 3. The Morgan fingerprint density at radius 2 is 1.60 bits per heavy atom. The van der Waals surface area contributed by atoms with Gasteiger partial charge in [0.25, 0.3) is 0 Å². The molecule has 0 saturated heterocycles. The van der Waals surface area contributed by atoms with Crippen molar-refractivity contribution in [3.63, 3.8) is 0 Å². The number of para-hydroxylation sites is 1. The second-order valence-corrected chi connectivity index (χ2v) is 6.39. The Bertz CT molecular complexity index is 929. The van der Waals surface area contributed by atoms with Gasteiger partial charge < -0.3 is 9.47 Å². The van der Waals surface area contributed by atoms with E-state index in [0.29, 0.717) is 12.3 Å². The summed E-state index contributed by atoms with van der Waals surface area (Å²) >= 11 is 4.86. The molecule has 160 valence electrons. The van der Waals surface area contributed by atoms with Gasteiger partial charge in [-0.3, -0.25) is 4.68 Å². The van der Waals surface area contributed by atoms with E-state index in [0.717, 1.165) is 5.56 Å². The number of ether oxygens (including phenoxy) is 2. The highest BCUT2D eigenvalue weighted by Gasteiger charge is 2.45. The van der Waals surface area contributed by atoms with Gasteiger partial charge in [-0.25, -0.2) is 0 Å². The molecule has 0 aliphatic heterocycles. The van der Waals surface area contributed by atoms with Crippen molar-refractivity contribution in [2.24, 2.45) is 0 Å². The van der Waals surface area contributed by atoms with Gasteiger partial charge >= 0.3 is 11.4 Å². The number of thiocarbonyl (C=S) groups is 1. The van der Waals surface area contributed by atoms with Crippen molar-refractivity contribution in [2.45, 2.75) is 39.6 Å². The zero-order valence-corrected chi connectivity index (χ0v) is 17.7. The quantitative estimate of drug-likeness (QED) is 0.443. The second-order valence-electron chi connectivity index (χ2n) is 6.06. The molecule has 0 aliphatic rings. The van der Waals surface area contributed by atoms with E-state index in [4.69, 9.17) is 21.7 Å². The molecule has 0 amide bonds. The van der Waals surface area contributed by atoms with Crippen molar-refractivity contribution >= 4 is 17.5 Å². The third kappa shape index (κ3) is 6.59. The molecule has 3 rings (SSSR count). The molecule has 1 atom stereocenters.